The van der Waals surface area contributed by atoms with Crippen molar-refractivity contribution in [1.29, 1.82) is 0 Å². The molecule has 1 aromatic rings. The van der Waals surface area contributed by atoms with E-state index in [1.54, 1.807) is 0 Å². The Morgan fingerprint density at radius 3 is 2.68 bits per heavy atom. The highest BCUT2D eigenvalue weighted by molar-refractivity contribution is 5.24. The zero-order valence-corrected chi connectivity index (χ0v) is 12.4. The fourth-order valence-corrected chi connectivity index (χ4v) is 2.99. The van der Waals surface area contributed by atoms with E-state index < -0.39 is 0 Å². The molecule has 2 nitrogen and oxygen atoms in total. The fraction of sp³-hybridized carbons (Fsp3) is 0.647. The lowest BCUT2D eigenvalue weighted by molar-refractivity contribution is -0.0449. The highest BCUT2D eigenvalue weighted by Gasteiger charge is 2.27. The second-order valence-electron chi connectivity index (χ2n) is 6.16. The van der Waals surface area contributed by atoms with Crippen molar-refractivity contribution >= 4 is 0 Å². The van der Waals surface area contributed by atoms with Gasteiger partial charge in [0.2, 0.25) is 0 Å². The third-order valence-corrected chi connectivity index (χ3v) is 4.53. The van der Waals surface area contributed by atoms with Gasteiger partial charge in [0.1, 0.15) is 0 Å². The van der Waals surface area contributed by atoms with Gasteiger partial charge in [0.15, 0.2) is 0 Å². The molecule has 0 spiro atoms. The Balaban J connectivity index is 1.99. The van der Waals surface area contributed by atoms with Crippen molar-refractivity contribution in [3.63, 3.8) is 0 Å². The molecule has 4 atom stereocenters. The van der Waals surface area contributed by atoms with E-state index in [1.165, 1.54) is 30.4 Å². The van der Waals surface area contributed by atoms with Gasteiger partial charge < -0.3 is 10.5 Å². The monoisotopic (exact) mass is 261 g/mol. The molecule has 19 heavy (non-hydrogen) atoms. The van der Waals surface area contributed by atoms with E-state index in [9.17, 15) is 0 Å². The molecule has 2 N–H and O–H groups in total. The molecule has 2 rings (SSSR count). The average Bonchev–Trinajstić information content (AvgIpc) is 2.40. The lowest BCUT2D eigenvalue weighted by atomic mass is 9.80. The lowest BCUT2D eigenvalue weighted by Gasteiger charge is -2.34. The minimum absolute atomic E-state index is 0.0468. The molecule has 106 valence electrons. The van der Waals surface area contributed by atoms with Gasteiger partial charge in [-0.15, -0.1) is 0 Å². The van der Waals surface area contributed by atoms with E-state index in [2.05, 4.69) is 45.0 Å². The third kappa shape index (κ3) is 3.80. The van der Waals surface area contributed by atoms with Crippen LogP contribution in [0.15, 0.2) is 24.3 Å². The van der Waals surface area contributed by atoms with E-state index in [1.807, 2.05) is 0 Å². The van der Waals surface area contributed by atoms with Gasteiger partial charge in [0.25, 0.3) is 0 Å². The van der Waals surface area contributed by atoms with Crippen LogP contribution in [0.1, 0.15) is 50.3 Å². The molecule has 0 saturated heterocycles. The average molecular weight is 261 g/mol. The second kappa shape index (κ2) is 6.53. The summed E-state index contributed by atoms with van der Waals surface area (Å²) in [5, 5.41) is 0. The summed E-state index contributed by atoms with van der Waals surface area (Å²) in [4.78, 5) is 0. The molecule has 1 aliphatic carbocycles. The topological polar surface area (TPSA) is 35.2 Å². The van der Waals surface area contributed by atoms with Crippen molar-refractivity contribution in [3.05, 3.63) is 35.4 Å². The number of rotatable bonds is 4. The standard InChI is InChI=1S/C17H27NO/c1-12-5-4-6-15(9-12)17(11-18)19-16-8-7-13(2)14(3)10-16/h4-6,9,13-14,16-17H,7-8,10-11,18H2,1-3H3. The molecular formula is C17H27NO. The quantitative estimate of drug-likeness (QED) is 0.894. The summed E-state index contributed by atoms with van der Waals surface area (Å²) in [5.41, 5.74) is 8.39. The summed E-state index contributed by atoms with van der Waals surface area (Å²) in [6.45, 7) is 7.36. The number of nitrogens with two attached hydrogens (primary N) is 1. The van der Waals surface area contributed by atoms with E-state index in [0.717, 1.165) is 11.8 Å². The molecule has 0 heterocycles. The van der Waals surface area contributed by atoms with E-state index in [-0.39, 0.29) is 6.10 Å². The van der Waals surface area contributed by atoms with Crippen LogP contribution in [0.2, 0.25) is 0 Å². The number of benzene rings is 1. The zero-order valence-electron chi connectivity index (χ0n) is 12.4. The molecule has 1 fully saturated rings. The predicted octanol–water partition coefficient (Wildman–Crippen LogP) is 3.84. The lowest BCUT2D eigenvalue weighted by Crippen LogP contribution is -2.30. The smallest absolute Gasteiger partial charge is 0.0950 e. The maximum atomic E-state index is 6.28. The van der Waals surface area contributed by atoms with Crippen LogP contribution in [0.5, 0.6) is 0 Å². The predicted molar refractivity (Wildman–Crippen MR) is 80.0 cm³/mol. The Bertz CT molecular complexity index is 404. The summed E-state index contributed by atoms with van der Waals surface area (Å²) in [6, 6.07) is 8.51. The molecule has 0 bridgehead atoms. The Kier molecular flexibility index (Phi) is 5.00. The Morgan fingerprint density at radius 1 is 1.26 bits per heavy atom. The van der Waals surface area contributed by atoms with E-state index in [4.69, 9.17) is 10.5 Å². The first-order chi connectivity index (χ1) is 9.10. The van der Waals surface area contributed by atoms with Crippen LogP contribution < -0.4 is 5.73 Å². The molecule has 4 unspecified atom stereocenters. The minimum atomic E-state index is 0.0468. The molecule has 0 radical (unpaired) electrons. The van der Waals surface area contributed by atoms with Gasteiger partial charge in [-0.3, -0.25) is 0 Å². The maximum Gasteiger partial charge on any atom is 0.0950 e. The van der Waals surface area contributed by atoms with Crippen molar-refractivity contribution in [1.82, 2.24) is 0 Å². The minimum Gasteiger partial charge on any atom is -0.369 e. The molecule has 1 aromatic carbocycles. The fourth-order valence-electron chi connectivity index (χ4n) is 2.99. The summed E-state index contributed by atoms with van der Waals surface area (Å²) in [7, 11) is 0. The summed E-state index contributed by atoms with van der Waals surface area (Å²) < 4.78 is 6.28. The van der Waals surface area contributed by atoms with Crippen molar-refractivity contribution in [2.45, 2.75) is 52.2 Å². The SMILES string of the molecule is Cc1cccc(C(CN)OC2CCC(C)C(C)C2)c1. The normalized spacial score (nSPS) is 29.2. The van der Waals surface area contributed by atoms with Crippen LogP contribution in [0.25, 0.3) is 0 Å². The number of hydrogen-bond donors (Lipinski definition) is 1. The van der Waals surface area contributed by atoms with Gasteiger partial charge in [0.05, 0.1) is 12.2 Å². The highest BCUT2D eigenvalue weighted by atomic mass is 16.5. The second-order valence-corrected chi connectivity index (χ2v) is 6.16. The Labute approximate surface area is 117 Å². The number of aryl methyl sites for hydroxylation is 1. The Morgan fingerprint density at radius 2 is 2.05 bits per heavy atom. The molecule has 1 saturated carbocycles. The molecule has 1 aliphatic rings. The molecule has 0 aromatic heterocycles. The first kappa shape index (κ1) is 14.5. The van der Waals surface area contributed by atoms with Crippen molar-refractivity contribution < 1.29 is 4.74 Å². The maximum absolute atomic E-state index is 6.28. The van der Waals surface area contributed by atoms with Crippen molar-refractivity contribution in [2.75, 3.05) is 6.54 Å². The van der Waals surface area contributed by atoms with Gasteiger partial charge >= 0.3 is 0 Å². The van der Waals surface area contributed by atoms with Gasteiger partial charge in [-0.25, -0.2) is 0 Å². The highest BCUT2D eigenvalue weighted by Crippen LogP contribution is 2.33. The van der Waals surface area contributed by atoms with E-state index >= 15 is 0 Å². The van der Waals surface area contributed by atoms with Crippen LogP contribution in [0.3, 0.4) is 0 Å². The van der Waals surface area contributed by atoms with Crippen LogP contribution in [0, 0.1) is 18.8 Å². The summed E-state index contributed by atoms with van der Waals surface area (Å²) in [5.74, 6) is 1.59. The van der Waals surface area contributed by atoms with Gasteiger partial charge in [0, 0.05) is 6.54 Å². The van der Waals surface area contributed by atoms with Gasteiger partial charge in [-0.05, 0) is 43.6 Å². The molecule has 0 amide bonds. The largest absolute Gasteiger partial charge is 0.369 e. The first-order valence-electron chi connectivity index (χ1n) is 7.52. The summed E-state index contributed by atoms with van der Waals surface area (Å²) in [6.07, 6.45) is 4.04. The van der Waals surface area contributed by atoms with Gasteiger partial charge in [-0.1, -0.05) is 43.7 Å². The Hall–Kier alpha value is -0.860. The number of ether oxygens (including phenoxy) is 1. The molecule has 0 aliphatic heterocycles. The molecular weight excluding hydrogens is 234 g/mol. The van der Waals surface area contributed by atoms with Gasteiger partial charge in [-0.2, -0.15) is 0 Å². The van der Waals surface area contributed by atoms with Crippen LogP contribution >= 0.6 is 0 Å². The number of hydrogen-bond acceptors (Lipinski definition) is 2. The molecule has 2 heteroatoms. The third-order valence-electron chi connectivity index (χ3n) is 4.53. The summed E-state index contributed by atoms with van der Waals surface area (Å²) >= 11 is 0. The van der Waals surface area contributed by atoms with Crippen LogP contribution in [-0.2, 0) is 4.74 Å². The van der Waals surface area contributed by atoms with Crippen molar-refractivity contribution in [3.8, 4) is 0 Å². The van der Waals surface area contributed by atoms with Crippen LogP contribution in [-0.4, -0.2) is 12.6 Å². The van der Waals surface area contributed by atoms with E-state index in [0.29, 0.717) is 12.6 Å². The first-order valence-corrected chi connectivity index (χ1v) is 7.52. The zero-order chi connectivity index (χ0) is 13.8. The van der Waals surface area contributed by atoms with Crippen molar-refractivity contribution in [2.24, 2.45) is 17.6 Å². The van der Waals surface area contributed by atoms with Crippen LogP contribution in [0.4, 0.5) is 0 Å².